The summed E-state index contributed by atoms with van der Waals surface area (Å²) in [4.78, 5) is 10.6. The largest absolute Gasteiger partial charge is 0.444 e. The summed E-state index contributed by atoms with van der Waals surface area (Å²) in [6, 6.07) is 0. The van der Waals surface area contributed by atoms with Crippen LogP contribution in [0.4, 0.5) is 4.79 Å². The van der Waals surface area contributed by atoms with Gasteiger partial charge in [0.05, 0.1) is 6.54 Å². The van der Waals surface area contributed by atoms with E-state index in [-0.39, 0.29) is 12.2 Å². The summed E-state index contributed by atoms with van der Waals surface area (Å²) in [5, 5.41) is 0. The average molecular weight is 144 g/mol. The smallest absolute Gasteiger partial charge is 0.421 e. The molecule has 1 aliphatic heterocycles. The van der Waals surface area contributed by atoms with Crippen molar-refractivity contribution in [3.63, 3.8) is 0 Å². The number of carbonyl (C=O) groups excluding carboxylic acids is 1. The van der Waals surface area contributed by atoms with Crippen LogP contribution >= 0.6 is 0 Å². The highest BCUT2D eigenvalue weighted by molar-refractivity contribution is 5.67. The fraction of sp³-hybridized carbons (Fsp3) is 0.833. The van der Waals surface area contributed by atoms with Gasteiger partial charge in [-0.1, -0.05) is 13.3 Å². The predicted octanol–water partition coefficient (Wildman–Crippen LogP) is 0.400. The Morgan fingerprint density at radius 2 is 2.60 bits per heavy atom. The molecule has 10 heavy (non-hydrogen) atoms. The Labute approximate surface area is 59.9 Å². The lowest BCUT2D eigenvalue weighted by Gasteiger charge is -2.23. The summed E-state index contributed by atoms with van der Waals surface area (Å²) < 4.78 is 4.91. The third-order valence-electron chi connectivity index (χ3n) is 1.40. The molecule has 2 N–H and O–H groups in total. The molecular weight excluding hydrogens is 132 g/mol. The fourth-order valence-electron chi connectivity index (χ4n) is 0.943. The molecule has 0 bridgehead atoms. The quantitative estimate of drug-likeness (QED) is 0.589. The minimum Gasteiger partial charge on any atom is -0.444 e. The number of hydrogen-bond donors (Lipinski definition) is 2. The minimum absolute atomic E-state index is 0.0544. The lowest BCUT2D eigenvalue weighted by Crippen LogP contribution is -2.50. The number of amides is 1. The summed E-state index contributed by atoms with van der Waals surface area (Å²) in [6.07, 6.45) is 1.66. The molecule has 0 aromatic heterocycles. The van der Waals surface area contributed by atoms with Crippen LogP contribution in [0, 0.1) is 0 Å². The molecule has 1 rings (SSSR count). The molecule has 1 atom stereocenters. The minimum atomic E-state index is -0.371. The highest BCUT2D eigenvalue weighted by Gasteiger charge is 2.17. The van der Waals surface area contributed by atoms with E-state index >= 15 is 0 Å². The second-order valence-corrected chi connectivity index (χ2v) is 2.32. The van der Waals surface area contributed by atoms with Gasteiger partial charge < -0.3 is 4.74 Å². The zero-order valence-corrected chi connectivity index (χ0v) is 6.02. The van der Waals surface area contributed by atoms with Crippen LogP contribution in [0.5, 0.6) is 0 Å². The first-order valence-corrected chi connectivity index (χ1v) is 3.52. The maximum absolute atomic E-state index is 10.6. The van der Waals surface area contributed by atoms with Gasteiger partial charge >= 0.3 is 6.09 Å². The molecule has 1 aliphatic rings. The summed E-state index contributed by atoms with van der Waals surface area (Å²) in [5.74, 6) is 0. The molecule has 4 nitrogen and oxygen atoms in total. The summed E-state index contributed by atoms with van der Waals surface area (Å²) in [5.41, 5.74) is 5.10. The van der Waals surface area contributed by atoms with E-state index in [1.165, 1.54) is 0 Å². The lowest BCUT2D eigenvalue weighted by molar-refractivity contribution is 0.0633. The van der Waals surface area contributed by atoms with Crippen molar-refractivity contribution < 1.29 is 9.53 Å². The second kappa shape index (κ2) is 3.41. The van der Waals surface area contributed by atoms with E-state index in [1.807, 2.05) is 0 Å². The van der Waals surface area contributed by atoms with E-state index in [9.17, 15) is 4.79 Å². The molecule has 4 heteroatoms. The number of cyclic esters (lactones) is 1. The fourth-order valence-corrected chi connectivity index (χ4v) is 0.943. The molecule has 0 saturated carbocycles. The van der Waals surface area contributed by atoms with Gasteiger partial charge in [0, 0.05) is 0 Å². The molecule has 1 unspecified atom stereocenters. The number of nitrogens with one attached hydrogen (secondary N) is 2. The maximum Gasteiger partial charge on any atom is 0.421 e. The van der Waals surface area contributed by atoms with Crippen molar-refractivity contribution in [1.82, 2.24) is 10.9 Å². The number of hydrazine groups is 1. The first-order chi connectivity index (χ1) is 4.83. The summed E-state index contributed by atoms with van der Waals surface area (Å²) in [6.45, 7) is 2.77. The number of ether oxygens (including phenoxy) is 1. The standard InChI is InChI=1S/C6H12N2O2/c1-2-3-5-4-7-8-6(9)10-5/h5,7H,2-4H2,1H3,(H,8,9). The van der Waals surface area contributed by atoms with Crippen molar-refractivity contribution >= 4 is 6.09 Å². The number of hydrogen-bond acceptors (Lipinski definition) is 3. The molecule has 0 aromatic carbocycles. The maximum atomic E-state index is 10.6. The van der Waals surface area contributed by atoms with E-state index in [4.69, 9.17) is 4.74 Å². The lowest BCUT2D eigenvalue weighted by atomic mass is 10.2. The zero-order valence-electron chi connectivity index (χ0n) is 6.02. The highest BCUT2D eigenvalue weighted by atomic mass is 16.6. The highest BCUT2D eigenvalue weighted by Crippen LogP contribution is 2.02. The van der Waals surface area contributed by atoms with Crippen molar-refractivity contribution in [2.75, 3.05) is 6.54 Å². The average Bonchev–Trinajstić information content (AvgIpc) is 1.88. The molecule has 1 amide bonds. The Bertz CT molecular complexity index is 125. The van der Waals surface area contributed by atoms with Gasteiger partial charge in [-0.2, -0.15) is 0 Å². The number of rotatable bonds is 2. The molecule has 1 heterocycles. The van der Waals surface area contributed by atoms with Crippen molar-refractivity contribution in [2.45, 2.75) is 25.9 Å². The Balaban J connectivity index is 2.25. The van der Waals surface area contributed by atoms with Gasteiger partial charge in [-0.05, 0) is 6.42 Å². The van der Waals surface area contributed by atoms with E-state index in [0.717, 1.165) is 12.8 Å². The first kappa shape index (κ1) is 7.34. The van der Waals surface area contributed by atoms with Gasteiger partial charge in [0.25, 0.3) is 0 Å². The molecule has 0 aromatic rings. The van der Waals surface area contributed by atoms with Crippen molar-refractivity contribution in [3.05, 3.63) is 0 Å². The van der Waals surface area contributed by atoms with Crippen LogP contribution in [0.15, 0.2) is 0 Å². The van der Waals surface area contributed by atoms with Crippen molar-refractivity contribution in [2.24, 2.45) is 0 Å². The molecule has 0 spiro atoms. The van der Waals surface area contributed by atoms with Gasteiger partial charge in [-0.15, -0.1) is 0 Å². The van der Waals surface area contributed by atoms with Gasteiger partial charge in [0.2, 0.25) is 0 Å². The van der Waals surface area contributed by atoms with Crippen molar-refractivity contribution in [3.8, 4) is 0 Å². The Morgan fingerprint density at radius 3 is 3.20 bits per heavy atom. The summed E-state index contributed by atoms with van der Waals surface area (Å²) >= 11 is 0. The van der Waals surface area contributed by atoms with Gasteiger partial charge in [-0.25, -0.2) is 10.2 Å². The molecule has 1 saturated heterocycles. The van der Waals surface area contributed by atoms with Crippen molar-refractivity contribution in [1.29, 1.82) is 0 Å². The van der Waals surface area contributed by atoms with E-state index in [0.29, 0.717) is 6.54 Å². The van der Waals surface area contributed by atoms with Crippen LogP contribution in [-0.4, -0.2) is 18.7 Å². The van der Waals surface area contributed by atoms with Crippen LogP contribution in [0.3, 0.4) is 0 Å². The Hall–Kier alpha value is -0.770. The van der Waals surface area contributed by atoms with Crippen LogP contribution in [0.2, 0.25) is 0 Å². The second-order valence-electron chi connectivity index (χ2n) is 2.32. The molecule has 0 aliphatic carbocycles. The van der Waals surface area contributed by atoms with Crippen LogP contribution in [-0.2, 0) is 4.74 Å². The van der Waals surface area contributed by atoms with Gasteiger partial charge in [-0.3, -0.25) is 5.43 Å². The Kier molecular flexibility index (Phi) is 2.50. The monoisotopic (exact) mass is 144 g/mol. The van der Waals surface area contributed by atoms with Gasteiger partial charge in [0.1, 0.15) is 6.10 Å². The molecule has 58 valence electrons. The van der Waals surface area contributed by atoms with E-state index < -0.39 is 0 Å². The van der Waals surface area contributed by atoms with Crippen LogP contribution in [0.1, 0.15) is 19.8 Å². The van der Waals surface area contributed by atoms with E-state index in [1.54, 1.807) is 0 Å². The van der Waals surface area contributed by atoms with Crippen LogP contribution in [0.25, 0.3) is 0 Å². The normalized spacial score (nSPS) is 25.3. The molecule has 1 fully saturated rings. The zero-order chi connectivity index (χ0) is 7.40. The SMILES string of the molecule is CCCC1CNNC(=O)O1. The molecular formula is C6H12N2O2. The number of carbonyl (C=O) groups is 1. The third kappa shape index (κ3) is 1.88. The van der Waals surface area contributed by atoms with Gasteiger partial charge in [0.15, 0.2) is 0 Å². The summed E-state index contributed by atoms with van der Waals surface area (Å²) in [7, 11) is 0. The third-order valence-corrected chi connectivity index (χ3v) is 1.40. The topological polar surface area (TPSA) is 50.4 Å². The van der Waals surface area contributed by atoms with E-state index in [2.05, 4.69) is 17.8 Å². The van der Waals surface area contributed by atoms with Crippen LogP contribution < -0.4 is 10.9 Å². The Morgan fingerprint density at radius 1 is 1.80 bits per heavy atom. The predicted molar refractivity (Wildman–Crippen MR) is 36.3 cm³/mol. The molecule has 0 radical (unpaired) electrons. The first-order valence-electron chi connectivity index (χ1n) is 3.52.